The van der Waals surface area contributed by atoms with Crippen molar-refractivity contribution in [3.05, 3.63) is 12.3 Å². The van der Waals surface area contributed by atoms with Crippen LogP contribution >= 0.6 is 0 Å². The maximum Gasteiger partial charge on any atom is 0.401 e. The first-order valence-electron chi connectivity index (χ1n) is 7.52. The van der Waals surface area contributed by atoms with Gasteiger partial charge < -0.3 is 9.80 Å². The smallest absolute Gasteiger partial charge is 0.343 e. The molecule has 1 aliphatic heterocycles. The summed E-state index contributed by atoms with van der Waals surface area (Å²) < 4.78 is 30.6. The Hall–Kier alpha value is -1.45. The molecule has 0 N–H and O–H groups in total. The highest BCUT2D eigenvalue weighted by atomic mass is 32.3. The Morgan fingerprint density at radius 3 is 2.78 bits per heavy atom. The van der Waals surface area contributed by atoms with Crippen molar-refractivity contribution in [2.45, 2.75) is 39.2 Å². The van der Waals surface area contributed by atoms with E-state index in [0.29, 0.717) is 13.0 Å². The third kappa shape index (κ3) is 7.10. The second kappa shape index (κ2) is 9.64. The van der Waals surface area contributed by atoms with Gasteiger partial charge in [0.05, 0.1) is 13.4 Å². The quantitative estimate of drug-likeness (QED) is 0.435. The Bertz CT molecular complexity index is 533. The molecule has 0 aliphatic carbocycles. The maximum absolute atomic E-state index is 11.6. The third-order valence-electron chi connectivity index (χ3n) is 3.51. The molecule has 0 aromatic heterocycles. The molecule has 1 aliphatic rings. The SMILES string of the molecule is C/C=C\N(/C=N/COS(=O)(=O)OC)C(C)CCN1CCCC1=O. The second-order valence-corrected chi connectivity index (χ2v) is 6.56. The van der Waals surface area contributed by atoms with Gasteiger partial charge in [-0.2, -0.15) is 8.42 Å². The molecule has 1 heterocycles. The van der Waals surface area contributed by atoms with Gasteiger partial charge in [0.25, 0.3) is 0 Å². The lowest BCUT2D eigenvalue weighted by atomic mass is 10.2. The van der Waals surface area contributed by atoms with Gasteiger partial charge >= 0.3 is 10.4 Å². The Morgan fingerprint density at radius 2 is 2.22 bits per heavy atom. The van der Waals surface area contributed by atoms with E-state index >= 15 is 0 Å². The highest BCUT2D eigenvalue weighted by molar-refractivity contribution is 7.81. The minimum absolute atomic E-state index is 0.113. The minimum atomic E-state index is -3.97. The van der Waals surface area contributed by atoms with Gasteiger partial charge in [-0.25, -0.2) is 9.18 Å². The number of hydrogen-bond acceptors (Lipinski definition) is 6. The van der Waals surface area contributed by atoms with E-state index in [2.05, 4.69) is 13.4 Å². The van der Waals surface area contributed by atoms with E-state index in [0.717, 1.165) is 26.5 Å². The summed E-state index contributed by atoms with van der Waals surface area (Å²) in [5.41, 5.74) is 0. The lowest BCUT2D eigenvalue weighted by Crippen LogP contribution is -2.33. The first kappa shape index (κ1) is 19.6. The molecule has 0 spiro atoms. The van der Waals surface area contributed by atoms with E-state index in [4.69, 9.17) is 0 Å². The molecule has 1 unspecified atom stereocenters. The fraction of sp³-hybridized carbons (Fsp3) is 0.714. The van der Waals surface area contributed by atoms with Crippen LogP contribution in [0.3, 0.4) is 0 Å². The van der Waals surface area contributed by atoms with Gasteiger partial charge in [0.15, 0.2) is 6.73 Å². The van der Waals surface area contributed by atoms with E-state index in [1.807, 2.05) is 35.9 Å². The molecule has 0 aromatic rings. The number of hydrogen-bond donors (Lipinski definition) is 0. The number of nitrogens with zero attached hydrogens (tertiary/aromatic N) is 3. The highest BCUT2D eigenvalue weighted by Gasteiger charge is 2.20. The van der Waals surface area contributed by atoms with Crippen molar-refractivity contribution in [3.8, 4) is 0 Å². The maximum atomic E-state index is 11.6. The molecule has 23 heavy (non-hydrogen) atoms. The summed E-state index contributed by atoms with van der Waals surface area (Å²) in [5, 5.41) is 0. The molecule has 132 valence electrons. The zero-order valence-electron chi connectivity index (χ0n) is 13.8. The normalized spacial score (nSPS) is 17.5. The number of carbonyl (C=O) groups is 1. The van der Waals surface area contributed by atoms with Crippen LogP contribution in [0.4, 0.5) is 0 Å². The molecule has 0 bridgehead atoms. The number of carbonyl (C=O) groups excluding carboxylic acids is 1. The number of amides is 1. The van der Waals surface area contributed by atoms with Crippen LogP contribution in [0.25, 0.3) is 0 Å². The van der Waals surface area contributed by atoms with Crippen LogP contribution in [0, 0.1) is 0 Å². The van der Waals surface area contributed by atoms with E-state index in [-0.39, 0.29) is 18.7 Å². The van der Waals surface area contributed by atoms with Gasteiger partial charge in [-0.1, -0.05) is 6.08 Å². The molecule has 9 heteroatoms. The molecule has 1 saturated heterocycles. The number of likely N-dealkylation sites (tertiary alicyclic amines) is 1. The topological polar surface area (TPSA) is 88.5 Å². The average Bonchev–Trinajstić information content (AvgIpc) is 2.93. The van der Waals surface area contributed by atoms with Crippen molar-refractivity contribution in [1.29, 1.82) is 0 Å². The third-order valence-corrected chi connectivity index (χ3v) is 4.31. The Labute approximate surface area is 138 Å². The first-order chi connectivity index (χ1) is 10.9. The van der Waals surface area contributed by atoms with E-state index in [9.17, 15) is 13.2 Å². The van der Waals surface area contributed by atoms with Crippen molar-refractivity contribution < 1.29 is 21.6 Å². The van der Waals surface area contributed by atoms with Crippen molar-refractivity contribution >= 4 is 22.6 Å². The molecule has 8 nitrogen and oxygen atoms in total. The van der Waals surface area contributed by atoms with E-state index in [1.165, 1.54) is 6.34 Å². The summed E-state index contributed by atoms with van der Waals surface area (Å²) >= 11 is 0. The zero-order chi connectivity index (χ0) is 17.3. The summed E-state index contributed by atoms with van der Waals surface area (Å²) in [6.45, 7) is 5.08. The van der Waals surface area contributed by atoms with Crippen molar-refractivity contribution in [2.75, 3.05) is 26.9 Å². The summed E-state index contributed by atoms with van der Waals surface area (Å²) in [6.07, 6.45) is 7.57. The van der Waals surface area contributed by atoms with Crippen LogP contribution in [0.1, 0.15) is 33.1 Å². The van der Waals surface area contributed by atoms with Crippen molar-refractivity contribution in [3.63, 3.8) is 0 Å². The van der Waals surface area contributed by atoms with Crippen molar-refractivity contribution in [1.82, 2.24) is 9.80 Å². The molecular weight excluding hydrogens is 322 g/mol. The predicted octanol–water partition coefficient (Wildman–Crippen LogP) is 1.12. The summed E-state index contributed by atoms with van der Waals surface area (Å²) in [5.74, 6) is 0.210. The molecule has 1 fully saturated rings. The van der Waals surface area contributed by atoms with Crippen LogP contribution in [-0.4, -0.2) is 63.4 Å². The van der Waals surface area contributed by atoms with Gasteiger partial charge in [0, 0.05) is 31.8 Å². The van der Waals surface area contributed by atoms with Gasteiger partial charge in [-0.3, -0.25) is 8.98 Å². The molecule has 0 saturated carbocycles. The molecule has 1 atom stereocenters. The average molecular weight is 347 g/mol. The molecular formula is C14H25N3O5S. The van der Waals surface area contributed by atoms with Crippen LogP contribution in [0.5, 0.6) is 0 Å². The minimum Gasteiger partial charge on any atom is -0.343 e. The first-order valence-corrected chi connectivity index (χ1v) is 8.86. The standard InChI is InChI=1S/C14H25N3O5S/c1-4-8-17(11-15-12-22-23(19,20)21-3)13(2)7-10-16-9-5-6-14(16)18/h4,8,11,13H,5-7,9-10,12H2,1-3H3/b8-4-,15-11+. The fourth-order valence-corrected chi connectivity index (χ4v) is 2.46. The van der Waals surface area contributed by atoms with Gasteiger partial charge in [0.2, 0.25) is 5.91 Å². The van der Waals surface area contributed by atoms with E-state index < -0.39 is 10.4 Å². The van der Waals surface area contributed by atoms with Gasteiger partial charge in [-0.15, -0.1) is 0 Å². The zero-order valence-corrected chi connectivity index (χ0v) is 14.7. The summed E-state index contributed by atoms with van der Waals surface area (Å²) in [6, 6.07) is 0.113. The lowest BCUT2D eigenvalue weighted by Gasteiger charge is -2.25. The highest BCUT2D eigenvalue weighted by Crippen LogP contribution is 2.12. The molecule has 1 rings (SSSR count). The van der Waals surface area contributed by atoms with Crippen molar-refractivity contribution in [2.24, 2.45) is 4.99 Å². The van der Waals surface area contributed by atoms with Crippen LogP contribution < -0.4 is 0 Å². The van der Waals surface area contributed by atoms with Crippen LogP contribution in [0.15, 0.2) is 17.3 Å². The number of allylic oxidation sites excluding steroid dienone is 1. The lowest BCUT2D eigenvalue weighted by molar-refractivity contribution is -0.127. The predicted molar refractivity (Wildman–Crippen MR) is 86.9 cm³/mol. The van der Waals surface area contributed by atoms with Crippen LogP contribution in [0.2, 0.25) is 0 Å². The van der Waals surface area contributed by atoms with E-state index in [1.54, 1.807) is 0 Å². The van der Waals surface area contributed by atoms with Gasteiger partial charge in [0.1, 0.15) is 0 Å². The summed E-state index contributed by atoms with van der Waals surface area (Å²) in [4.78, 5) is 19.3. The fourth-order valence-electron chi connectivity index (χ4n) is 2.17. The van der Waals surface area contributed by atoms with Gasteiger partial charge in [-0.05, 0) is 26.7 Å². The van der Waals surface area contributed by atoms with Crippen LogP contribution in [-0.2, 0) is 23.6 Å². The number of rotatable bonds is 10. The second-order valence-electron chi connectivity index (χ2n) is 5.17. The summed E-state index contributed by atoms with van der Waals surface area (Å²) in [7, 11) is -2.95. The largest absolute Gasteiger partial charge is 0.401 e. The Kier molecular flexibility index (Phi) is 8.21. The Morgan fingerprint density at radius 1 is 1.48 bits per heavy atom. The Balaban J connectivity index is 2.47. The molecule has 0 aromatic carbocycles. The number of aliphatic imine (C=N–C) groups is 1. The molecule has 1 amide bonds. The molecule has 0 radical (unpaired) electrons. The monoisotopic (exact) mass is 347 g/mol.